The van der Waals surface area contributed by atoms with Gasteiger partial charge in [-0.1, -0.05) is 19.3 Å². The molecule has 1 aromatic heterocycles. The Balaban J connectivity index is 2.19. The molecule has 1 aliphatic carbocycles. The maximum atomic E-state index is 13.9. The van der Waals surface area contributed by atoms with Crippen molar-refractivity contribution in [2.24, 2.45) is 0 Å². The number of hydrogen-bond acceptors (Lipinski definition) is 3. The normalized spacial score (nSPS) is 15.6. The van der Waals surface area contributed by atoms with Gasteiger partial charge in [-0.2, -0.15) is 0 Å². The van der Waals surface area contributed by atoms with Crippen molar-refractivity contribution in [1.82, 2.24) is 4.98 Å². The zero-order valence-electron chi connectivity index (χ0n) is 14.2. The first-order valence-corrected chi connectivity index (χ1v) is 8.50. The van der Waals surface area contributed by atoms with E-state index in [2.05, 4.69) is 9.88 Å². The summed E-state index contributed by atoms with van der Waals surface area (Å²) in [7, 11) is 2.00. The van der Waals surface area contributed by atoms with E-state index < -0.39 is 5.97 Å². The Morgan fingerprint density at radius 1 is 1.33 bits per heavy atom. The second-order valence-electron chi connectivity index (χ2n) is 6.66. The van der Waals surface area contributed by atoms with Crippen molar-refractivity contribution in [2.45, 2.75) is 51.5 Å². The molecule has 128 valence electrons. The maximum absolute atomic E-state index is 13.9. The minimum atomic E-state index is -0.894. The van der Waals surface area contributed by atoms with Crippen molar-refractivity contribution in [2.75, 3.05) is 11.9 Å². The van der Waals surface area contributed by atoms with Crippen molar-refractivity contribution in [1.29, 1.82) is 0 Å². The van der Waals surface area contributed by atoms with E-state index in [0.29, 0.717) is 28.2 Å². The van der Waals surface area contributed by atoms with Gasteiger partial charge < -0.3 is 10.0 Å². The molecule has 0 bridgehead atoms. The van der Waals surface area contributed by atoms with Gasteiger partial charge in [0, 0.05) is 29.7 Å². The fourth-order valence-corrected chi connectivity index (χ4v) is 3.79. The number of fused-ring (bicyclic) bond motifs is 1. The van der Waals surface area contributed by atoms with Crippen molar-refractivity contribution < 1.29 is 14.3 Å². The molecule has 0 unspecified atom stereocenters. The number of aliphatic carboxylic acids is 1. The zero-order chi connectivity index (χ0) is 17.3. The topological polar surface area (TPSA) is 53.4 Å². The molecule has 24 heavy (non-hydrogen) atoms. The molecule has 2 aromatic rings. The van der Waals surface area contributed by atoms with Gasteiger partial charge in [-0.05, 0) is 38.0 Å². The van der Waals surface area contributed by atoms with E-state index in [0.717, 1.165) is 18.5 Å². The molecule has 0 atom stereocenters. The Labute approximate surface area is 141 Å². The van der Waals surface area contributed by atoms with E-state index in [9.17, 15) is 14.3 Å². The van der Waals surface area contributed by atoms with Gasteiger partial charge in [0.25, 0.3) is 0 Å². The lowest BCUT2D eigenvalue weighted by molar-refractivity contribution is -0.136. The highest BCUT2D eigenvalue weighted by molar-refractivity contribution is 5.95. The van der Waals surface area contributed by atoms with Crippen molar-refractivity contribution in [3.63, 3.8) is 0 Å². The third kappa shape index (κ3) is 3.21. The number of rotatable bonds is 4. The number of halogens is 1. The van der Waals surface area contributed by atoms with Crippen LogP contribution in [-0.4, -0.2) is 29.1 Å². The van der Waals surface area contributed by atoms with Crippen molar-refractivity contribution in [3.8, 4) is 0 Å². The minimum Gasteiger partial charge on any atom is -0.481 e. The molecule has 1 aliphatic rings. The van der Waals surface area contributed by atoms with Crippen LogP contribution in [0.2, 0.25) is 0 Å². The van der Waals surface area contributed by atoms with Gasteiger partial charge in [0.2, 0.25) is 0 Å². The van der Waals surface area contributed by atoms with Crippen molar-refractivity contribution >= 4 is 22.6 Å². The monoisotopic (exact) mass is 330 g/mol. The molecule has 5 heteroatoms. The van der Waals surface area contributed by atoms with E-state index >= 15 is 0 Å². The van der Waals surface area contributed by atoms with Crippen LogP contribution in [0, 0.1) is 12.7 Å². The molecule has 1 aromatic carbocycles. The van der Waals surface area contributed by atoms with Crippen LogP contribution in [0.5, 0.6) is 0 Å². The average molecular weight is 330 g/mol. The third-order valence-electron chi connectivity index (χ3n) is 5.03. The highest BCUT2D eigenvalue weighted by Gasteiger charge is 2.24. The Kier molecular flexibility index (Phi) is 4.69. The first-order chi connectivity index (χ1) is 11.5. The molecule has 1 heterocycles. The predicted octanol–water partition coefficient (Wildman–Crippen LogP) is 4.08. The van der Waals surface area contributed by atoms with Crippen LogP contribution in [0.15, 0.2) is 18.2 Å². The molecular weight excluding hydrogens is 307 g/mol. The van der Waals surface area contributed by atoms with Gasteiger partial charge in [-0.3, -0.25) is 9.78 Å². The van der Waals surface area contributed by atoms with E-state index in [4.69, 9.17) is 0 Å². The van der Waals surface area contributed by atoms with E-state index in [1.165, 1.54) is 31.4 Å². The summed E-state index contributed by atoms with van der Waals surface area (Å²) in [5.41, 5.74) is 2.93. The average Bonchev–Trinajstić information content (AvgIpc) is 2.56. The first kappa shape index (κ1) is 16.7. The van der Waals surface area contributed by atoms with Crippen LogP contribution < -0.4 is 4.90 Å². The number of carboxylic acids is 1. The number of carboxylic acid groups (broad SMARTS) is 1. The molecule has 0 aliphatic heterocycles. The van der Waals surface area contributed by atoms with Gasteiger partial charge >= 0.3 is 5.97 Å². The number of carbonyl (C=O) groups is 1. The molecule has 0 spiro atoms. The maximum Gasteiger partial charge on any atom is 0.307 e. The van der Waals surface area contributed by atoms with E-state index in [1.807, 2.05) is 14.0 Å². The lowest BCUT2D eigenvalue weighted by Crippen LogP contribution is -2.34. The third-order valence-corrected chi connectivity index (χ3v) is 5.03. The van der Waals surface area contributed by atoms with Gasteiger partial charge in [0.15, 0.2) is 0 Å². The molecular formula is C19H23FN2O2. The Morgan fingerprint density at radius 2 is 2.04 bits per heavy atom. The summed E-state index contributed by atoms with van der Waals surface area (Å²) in [6, 6.07) is 4.90. The van der Waals surface area contributed by atoms with Crippen LogP contribution in [0.1, 0.15) is 43.4 Å². The fraction of sp³-hybridized carbons (Fsp3) is 0.474. The summed E-state index contributed by atoms with van der Waals surface area (Å²) < 4.78 is 13.9. The van der Waals surface area contributed by atoms with Gasteiger partial charge in [-0.15, -0.1) is 0 Å². The highest BCUT2D eigenvalue weighted by atomic mass is 19.1. The number of aryl methyl sites for hydroxylation is 1. The quantitative estimate of drug-likeness (QED) is 0.918. The number of aromatic nitrogens is 1. The van der Waals surface area contributed by atoms with Gasteiger partial charge in [0.1, 0.15) is 5.82 Å². The number of anilines is 1. The van der Waals surface area contributed by atoms with Gasteiger partial charge in [-0.25, -0.2) is 4.39 Å². The number of pyridine rings is 1. The Bertz CT molecular complexity index is 770. The minimum absolute atomic E-state index is 0.0995. The summed E-state index contributed by atoms with van der Waals surface area (Å²) in [5.74, 6) is -1.22. The highest BCUT2D eigenvalue weighted by Crippen LogP contribution is 2.36. The standard InChI is InChI=1S/C19H23FN2O2/c1-12-15(11-18(23)24)19(22(2)14-6-4-3-5-7-14)16-10-13(20)8-9-17(16)21-12/h8-10,14H,3-7,11H2,1-2H3,(H,23,24). The largest absolute Gasteiger partial charge is 0.481 e. The molecule has 1 saturated carbocycles. The molecule has 1 fully saturated rings. The Hall–Kier alpha value is -2.17. The van der Waals surface area contributed by atoms with E-state index in [1.54, 1.807) is 6.07 Å². The lowest BCUT2D eigenvalue weighted by Gasteiger charge is -2.35. The smallest absolute Gasteiger partial charge is 0.307 e. The summed E-state index contributed by atoms with van der Waals surface area (Å²) in [6.45, 7) is 1.83. The second-order valence-corrected chi connectivity index (χ2v) is 6.66. The van der Waals surface area contributed by atoms with Gasteiger partial charge in [0.05, 0.1) is 17.6 Å². The van der Waals surface area contributed by atoms with Crippen LogP contribution >= 0.6 is 0 Å². The summed E-state index contributed by atoms with van der Waals surface area (Å²) in [5, 5.41) is 10.0. The summed E-state index contributed by atoms with van der Waals surface area (Å²) in [6.07, 6.45) is 5.68. The number of nitrogens with zero attached hydrogens (tertiary/aromatic N) is 2. The molecule has 0 amide bonds. The first-order valence-electron chi connectivity index (χ1n) is 8.50. The SMILES string of the molecule is Cc1nc2ccc(F)cc2c(N(C)C2CCCCC2)c1CC(=O)O. The van der Waals surface area contributed by atoms with Crippen LogP contribution in [0.4, 0.5) is 10.1 Å². The predicted molar refractivity (Wildman–Crippen MR) is 93.1 cm³/mol. The van der Waals surface area contributed by atoms with Crippen molar-refractivity contribution in [3.05, 3.63) is 35.3 Å². The summed E-state index contributed by atoms with van der Waals surface area (Å²) in [4.78, 5) is 18.0. The second kappa shape index (κ2) is 6.75. The fourth-order valence-electron chi connectivity index (χ4n) is 3.79. The molecule has 0 radical (unpaired) electrons. The molecule has 1 N–H and O–H groups in total. The lowest BCUT2D eigenvalue weighted by atomic mass is 9.92. The summed E-state index contributed by atoms with van der Waals surface area (Å²) >= 11 is 0. The zero-order valence-corrected chi connectivity index (χ0v) is 14.2. The van der Waals surface area contributed by atoms with Crippen LogP contribution in [-0.2, 0) is 11.2 Å². The van der Waals surface area contributed by atoms with Crippen LogP contribution in [0.25, 0.3) is 10.9 Å². The number of benzene rings is 1. The molecule has 4 nitrogen and oxygen atoms in total. The Morgan fingerprint density at radius 3 is 2.71 bits per heavy atom. The van der Waals surface area contributed by atoms with E-state index in [-0.39, 0.29) is 12.2 Å². The molecule has 3 rings (SSSR count). The molecule has 0 saturated heterocycles. The van der Waals surface area contributed by atoms with Crippen LogP contribution in [0.3, 0.4) is 0 Å². The number of hydrogen-bond donors (Lipinski definition) is 1.